The lowest BCUT2D eigenvalue weighted by Gasteiger charge is -2.16. The third kappa shape index (κ3) is 3.40. The van der Waals surface area contributed by atoms with Gasteiger partial charge < -0.3 is 4.90 Å². The van der Waals surface area contributed by atoms with Crippen molar-refractivity contribution >= 4 is 17.5 Å². The monoisotopic (exact) mass is 262 g/mol. The van der Waals surface area contributed by atoms with Crippen molar-refractivity contribution in [2.45, 2.75) is 12.3 Å². The van der Waals surface area contributed by atoms with Crippen LogP contribution in [-0.4, -0.2) is 28.5 Å². The summed E-state index contributed by atoms with van der Waals surface area (Å²) >= 11 is 5.70. The number of anilines is 1. The SMILES string of the molecule is CN(CCc1ccccn1)c1ncc(CCl)cn1. The molecule has 0 amide bonds. The summed E-state index contributed by atoms with van der Waals surface area (Å²) < 4.78 is 0. The molecule has 0 bridgehead atoms. The van der Waals surface area contributed by atoms with E-state index in [1.54, 1.807) is 18.6 Å². The van der Waals surface area contributed by atoms with Gasteiger partial charge in [0.1, 0.15) is 0 Å². The second-order valence-corrected chi connectivity index (χ2v) is 4.28. The van der Waals surface area contributed by atoms with Gasteiger partial charge >= 0.3 is 0 Å². The van der Waals surface area contributed by atoms with Crippen LogP contribution >= 0.6 is 11.6 Å². The number of halogens is 1. The van der Waals surface area contributed by atoms with E-state index in [4.69, 9.17) is 11.6 Å². The predicted molar refractivity (Wildman–Crippen MR) is 72.8 cm³/mol. The van der Waals surface area contributed by atoms with Crippen LogP contribution in [0, 0.1) is 0 Å². The van der Waals surface area contributed by atoms with Gasteiger partial charge in [0.15, 0.2) is 0 Å². The van der Waals surface area contributed by atoms with Crippen molar-refractivity contribution in [1.29, 1.82) is 0 Å². The summed E-state index contributed by atoms with van der Waals surface area (Å²) in [6.45, 7) is 0.831. The molecule has 18 heavy (non-hydrogen) atoms. The number of likely N-dealkylation sites (N-methyl/N-ethyl adjacent to an activating group) is 1. The van der Waals surface area contributed by atoms with E-state index in [1.165, 1.54) is 0 Å². The fraction of sp³-hybridized carbons (Fsp3) is 0.308. The second kappa shape index (κ2) is 6.31. The number of hydrogen-bond acceptors (Lipinski definition) is 4. The Kier molecular flexibility index (Phi) is 4.47. The Hall–Kier alpha value is -1.68. The first-order valence-electron chi connectivity index (χ1n) is 5.77. The largest absolute Gasteiger partial charge is 0.343 e. The Morgan fingerprint density at radius 2 is 1.94 bits per heavy atom. The maximum atomic E-state index is 5.70. The van der Waals surface area contributed by atoms with Crippen molar-refractivity contribution in [3.8, 4) is 0 Å². The summed E-state index contributed by atoms with van der Waals surface area (Å²) in [5.74, 6) is 1.15. The van der Waals surface area contributed by atoms with Crippen LogP contribution < -0.4 is 4.90 Å². The van der Waals surface area contributed by atoms with Crippen molar-refractivity contribution in [3.05, 3.63) is 48.0 Å². The molecule has 0 aliphatic heterocycles. The Morgan fingerprint density at radius 1 is 1.17 bits per heavy atom. The van der Waals surface area contributed by atoms with Crippen LogP contribution in [0.15, 0.2) is 36.8 Å². The van der Waals surface area contributed by atoms with Gasteiger partial charge in [-0.1, -0.05) is 6.07 Å². The van der Waals surface area contributed by atoms with Gasteiger partial charge in [-0.2, -0.15) is 0 Å². The van der Waals surface area contributed by atoms with Crippen LogP contribution in [0.4, 0.5) is 5.95 Å². The van der Waals surface area contributed by atoms with E-state index < -0.39 is 0 Å². The summed E-state index contributed by atoms with van der Waals surface area (Å²) in [7, 11) is 1.97. The lowest BCUT2D eigenvalue weighted by atomic mass is 10.2. The minimum Gasteiger partial charge on any atom is -0.343 e. The van der Waals surface area contributed by atoms with E-state index in [0.29, 0.717) is 11.8 Å². The number of rotatable bonds is 5. The first-order valence-corrected chi connectivity index (χ1v) is 6.31. The minimum absolute atomic E-state index is 0.442. The van der Waals surface area contributed by atoms with Crippen LogP contribution in [-0.2, 0) is 12.3 Å². The summed E-state index contributed by atoms with van der Waals surface area (Å²) in [5, 5.41) is 0. The summed E-state index contributed by atoms with van der Waals surface area (Å²) in [5.41, 5.74) is 2.00. The van der Waals surface area contributed by atoms with Crippen LogP contribution in [0.1, 0.15) is 11.3 Å². The molecule has 2 aromatic heterocycles. The van der Waals surface area contributed by atoms with E-state index in [9.17, 15) is 0 Å². The van der Waals surface area contributed by atoms with E-state index in [0.717, 1.165) is 24.2 Å². The van der Waals surface area contributed by atoms with Crippen molar-refractivity contribution in [2.75, 3.05) is 18.5 Å². The number of pyridine rings is 1. The number of hydrogen-bond donors (Lipinski definition) is 0. The first-order chi connectivity index (χ1) is 8.79. The highest BCUT2D eigenvalue weighted by Gasteiger charge is 2.04. The fourth-order valence-electron chi connectivity index (χ4n) is 1.54. The van der Waals surface area contributed by atoms with Crippen molar-refractivity contribution in [2.24, 2.45) is 0 Å². The fourth-order valence-corrected chi connectivity index (χ4v) is 1.68. The zero-order valence-electron chi connectivity index (χ0n) is 10.3. The van der Waals surface area contributed by atoms with Gasteiger partial charge in [0.05, 0.1) is 5.88 Å². The van der Waals surface area contributed by atoms with E-state index in [2.05, 4.69) is 15.0 Å². The normalized spacial score (nSPS) is 10.3. The highest BCUT2D eigenvalue weighted by Crippen LogP contribution is 2.07. The lowest BCUT2D eigenvalue weighted by Crippen LogP contribution is -2.22. The van der Waals surface area contributed by atoms with Gasteiger partial charge in [-0.3, -0.25) is 4.98 Å². The third-order valence-corrected chi connectivity index (χ3v) is 2.93. The van der Waals surface area contributed by atoms with Crippen molar-refractivity contribution in [1.82, 2.24) is 15.0 Å². The Balaban J connectivity index is 1.93. The number of nitrogens with zero attached hydrogens (tertiary/aromatic N) is 4. The van der Waals surface area contributed by atoms with Gasteiger partial charge in [-0.15, -0.1) is 11.6 Å². The molecule has 94 valence electrons. The highest BCUT2D eigenvalue weighted by atomic mass is 35.5. The topological polar surface area (TPSA) is 41.9 Å². The van der Waals surface area contributed by atoms with Crippen LogP contribution in [0.2, 0.25) is 0 Å². The highest BCUT2D eigenvalue weighted by molar-refractivity contribution is 6.17. The van der Waals surface area contributed by atoms with Crippen LogP contribution in [0.3, 0.4) is 0 Å². The average Bonchev–Trinajstić information content (AvgIpc) is 2.46. The molecular weight excluding hydrogens is 248 g/mol. The van der Waals surface area contributed by atoms with Crippen molar-refractivity contribution < 1.29 is 0 Å². The smallest absolute Gasteiger partial charge is 0.225 e. The number of alkyl halides is 1. The third-order valence-electron chi connectivity index (χ3n) is 2.62. The quantitative estimate of drug-likeness (QED) is 0.776. The molecule has 0 unspecified atom stereocenters. The van der Waals surface area contributed by atoms with Gasteiger partial charge in [0.2, 0.25) is 5.95 Å². The molecule has 0 fully saturated rings. The van der Waals surface area contributed by atoms with E-state index in [1.807, 2.05) is 30.1 Å². The first kappa shape index (κ1) is 12.8. The lowest BCUT2D eigenvalue weighted by molar-refractivity contribution is 0.819. The Labute approximate surface area is 112 Å². The Morgan fingerprint density at radius 3 is 2.56 bits per heavy atom. The second-order valence-electron chi connectivity index (χ2n) is 4.02. The van der Waals surface area contributed by atoms with Gasteiger partial charge in [-0.25, -0.2) is 9.97 Å². The van der Waals surface area contributed by atoms with Gasteiger partial charge in [0, 0.05) is 49.9 Å². The molecule has 2 aromatic rings. The maximum absolute atomic E-state index is 5.70. The van der Waals surface area contributed by atoms with E-state index >= 15 is 0 Å². The van der Waals surface area contributed by atoms with Crippen LogP contribution in [0.5, 0.6) is 0 Å². The predicted octanol–water partition coefficient (Wildman–Crippen LogP) is 2.29. The standard InChI is InChI=1S/C13H15ClN4/c1-18(7-5-12-4-2-3-6-15-12)13-16-9-11(8-14)10-17-13/h2-4,6,9-10H,5,7-8H2,1H3. The molecule has 0 aromatic carbocycles. The van der Waals surface area contributed by atoms with Crippen LogP contribution in [0.25, 0.3) is 0 Å². The molecular formula is C13H15ClN4. The molecule has 0 N–H and O–H groups in total. The molecule has 0 spiro atoms. The molecule has 0 saturated heterocycles. The maximum Gasteiger partial charge on any atom is 0.225 e. The Bertz CT molecular complexity index is 472. The summed E-state index contributed by atoms with van der Waals surface area (Å²) in [6, 6.07) is 5.93. The van der Waals surface area contributed by atoms with Gasteiger partial charge in [-0.05, 0) is 12.1 Å². The molecule has 4 nitrogen and oxygen atoms in total. The van der Waals surface area contributed by atoms with Crippen molar-refractivity contribution in [3.63, 3.8) is 0 Å². The molecule has 2 rings (SSSR count). The molecule has 0 aliphatic rings. The molecule has 0 saturated carbocycles. The zero-order valence-corrected chi connectivity index (χ0v) is 11.0. The molecule has 5 heteroatoms. The number of aromatic nitrogens is 3. The van der Waals surface area contributed by atoms with Gasteiger partial charge in [0.25, 0.3) is 0 Å². The van der Waals surface area contributed by atoms with E-state index in [-0.39, 0.29) is 0 Å². The molecule has 0 aliphatic carbocycles. The summed E-state index contributed by atoms with van der Waals surface area (Å²) in [6.07, 6.45) is 6.19. The molecule has 0 radical (unpaired) electrons. The zero-order chi connectivity index (χ0) is 12.8. The summed E-state index contributed by atoms with van der Waals surface area (Å²) in [4.78, 5) is 14.8. The molecule has 0 atom stereocenters. The average molecular weight is 263 g/mol. The molecule has 2 heterocycles. The minimum atomic E-state index is 0.442.